The monoisotopic (exact) mass is 445 g/mol. The zero-order chi connectivity index (χ0) is 22.9. The molecule has 0 radical (unpaired) electrons. The summed E-state index contributed by atoms with van der Waals surface area (Å²) in [5.41, 5.74) is 9.43. The van der Waals surface area contributed by atoms with Gasteiger partial charge in [0, 0.05) is 38.7 Å². The molecule has 0 bridgehead atoms. The largest absolute Gasteiger partial charge is 0.308 e. The highest BCUT2D eigenvalue weighted by molar-refractivity contribution is 6.24. The second-order valence-electron chi connectivity index (χ2n) is 9.14. The van der Waals surface area contributed by atoms with Crippen molar-refractivity contribution in [1.29, 1.82) is 0 Å². The number of hydrogen-bond donors (Lipinski definition) is 0. The van der Waals surface area contributed by atoms with E-state index >= 15 is 0 Å². The number of rotatable bonds is 2. The number of nitrogens with zero attached hydrogens (tertiary/aromatic N) is 3. The van der Waals surface area contributed by atoms with Gasteiger partial charge in [0.25, 0.3) is 0 Å². The summed E-state index contributed by atoms with van der Waals surface area (Å²) in [6, 6.07) is 37.1. The van der Waals surface area contributed by atoms with Crippen LogP contribution in [0.15, 0.2) is 116 Å². The number of hydrogen-bond acceptors (Lipinski definition) is 2. The lowest BCUT2D eigenvalue weighted by atomic mass is 9.94. The molecule has 3 aromatic heterocycles. The van der Waals surface area contributed by atoms with Crippen LogP contribution in [0.25, 0.3) is 71.3 Å². The summed E-state index contributed by atoms with van der Waals surface area (Å²) in [4.78, 5) is 8.95. The average molecular weight is 446 g/mol. The molecule has 0 amide bonds. The van der Waals surface area contributed by atoms with Crippen LogP contribution in [0.3, 0.4) is 0 Å². The minimum Gasteiger partial charge on any atom is -0.308 e. The molecular weight excluding hydrogens is 426 g/mol. The molecule has 3 heterocycles. The Morgan fingerprint density at radius 1 is 0.543 bits per heavy atom. The van der Waals surface area contributed by atoms with E-state index in [0.717, 1.165) is 22.0 Å². The highest BCUT2D eigenvalue weighted by Gasteiger charge is 2.19. The number of fused-ring (bicyclic) bond motifs is 7. The Balaban J connectivity index is 1.51. The van der Waals surface area contributed by atoms with Gasteiger partial charge in [0.15, 0.2) is 0 Å². The summed E-state index contributed by atoms with van der Waals surface area (Å²) < 4.78 is 2.42. The molecule has 0 saturated carbocycles. The van der Waals surface area contributed by atoms with E-state index in [1.54, 1.807) is 6.33 Å². The van der Waals surface area contributed by atoms with Crippen molar-refractivity contribution in [2.45, 2.75) is 0 Å². The van der Waals surface area contributed by atoms with Gasteiger partial charge < -0.3 is 4.40 Å². The smallest absolute Gasteiger partial charge is 0.116 e. The molecule has 3 nitrogen and oxygen atoms in total. The van der Waals surface area contributed by atoms with E-state index in [1.165, 1.54) is 49.2 Å². The molecule has 3 heteroatoms. The summed E-state index contributed by atoms with van der Waals surface area (Å²) >= 11 is 0. The van der Waals surface area contributed by atoms with E-state index in [0.29, 0.717) is 0 Å². The van der Waals surface area contributed by atoms with E-state index in [9.17, 15) is 0 Å². The molecule has 8 rings (SSSR count). The van der Waals surface area contributed by atoms with Gasteiger partial charge in [-0.3, -0.25) is 0 Å². The quantitative estimate of drug-likeness (QED) is 0.269. The van der Waals surface area contributed by atoms with Crippen molar-refractivity contribution in [2.24, 2.45) is 0 Å². The van der Waals surface area contributed by atoms with Crippen LogP contribution < -0.4 is 0 Å². The first-order chi connectivity index (χ1) is 17.4. The minimum absolute atomic E-state index is 0.975. The molecule has 5 aromatic carbocycles. The van der Waals surface area contributed by atoms with E-state index < -0.39 is 0 Å². The Morgan fingerprint density at radius 3 is 1.89 bits per heavy atom. The second-order valence-corrected chi connectivity index (χ2v) is 9.14. The van der Waals surface area contributed by atoms with Gasteiger partial charge in [0.05, 0.1) is 22.1 Å². The lowest BCUT2D eigenvalue weighted by molar-refractivity contribution is 1.22. The Labute approximate surface area is 201 Å². The topological polar surface area (TPSA) is 30.2 Å². The van der Waals surface area contributed by atoms with Gasteiger partial charge in [-0.05, 0) is 53.1 Å². The third kappa shape index (κ3) is 2.55. The van der Waals surface area contributed by atoms with Gasteiger partial charge >= 0.3 is 0 Å². The molecule has 0 saturated heterocycles. The molecule has 0 unspecified atom stereocenters. The molecule has 0 spiro atoms. The lowest BCUT2D eigenvalue weighted by Gasteiger charge is -2.11. The molecule has 162 valence electrons. The Morgan fingerprint density at radius 2 is 1.17 bits per heavy atom. The summed E-state index contributed by atoms with van der Waals surface area (Å²) in [5, 5.41) is 6.19. The fraction of sp³-hybridized carbons (Fsp3) is 0. The molecule has 0 aliphatic rings. The summed E-state index contributed by atoms with van der Waals surface area (Å²) in [6.07, 6.45) is 3.55. The van der Waals surface area contributed by atoms with Gasteiger partial charge in [-0.2, -0.15) is 0 Å². The molecule has 0 N–H and O–H groups in total. The Bertz CT molecular complexity index is 1970. The van der Waals surface area contributed by atoms with Gasteiger partial charge in [0.2, 0.25) is 0 Å². The summed E-state index contributed by atoms with van der Waals surface area (Å²) in [6.45, 7) is 0. The number of benzene rings is 5. The maximum Gasteiger partial charge on any atom is 0.116 e. The first kappa shape index (κ1) is 18.6. The van der Waals surface area contributed by atoms with Crippen molar-refractivity contribution in [3.8, 4) is 22.3 Å². The predicted octanol–water partition coefficient (Wildman–Crippen LogP) is 8.11. The van der Waals surface area contributed by atoms with Gasteiger partial charge in [-0.15, -0.1) is 0 Å². The Kier molecular flexibility index (Phi) is 3.66. The Hall–Kier alpha value is -4.76. The van der Waals surface area contributed by atoms with Crippen LogP contribution >= 0.6 is 0 Å². The van der Waals surface area contributed by atoms with Crippen LogP contribution in [0, 0.1) is 0 Å². The highest BCUT2D eigenvalue weighted by Crippen LogP contribution is 2.42. The van der Waals surface area contributed by atoms with Crippen molar-refractivity contribution < 1.29 is 0 Å². The zero-order valence-corrected chi connectivity index (χ0v) is 18.8. The summed E-state index contributed by atoms with van der Waals surface area (Å²) in [7, 11) is 0. The minimum atomic E-state index is 0.975. The molecule has 0 atom stereocenters. The average Bonchev–Trinajstić information content (AvgIpc) is 3.44. The maximum atomic E-state index is 4.63. The normalized spacial score (nSPS) is 12.0. The molecule has 8 aromatic rings. The van der Waals surface area contributed by atoms with Crippen LogP contribution in [-0.4, -0.2) is 14.4 Å². The molecular formula is C32H19N3. The first-order valence-corrected chi connectivity index (χ1v) is 11.8. The number of para-hydroxylation sites is 2. The van der Waals surface area contributed by atoms with Crippen LogP contribution in [0.1, 0.15) is 0 Å². The number of aromatic nitrogens is 3. The lowest BCUT2D eigenvalue weighted by Crippen LogP contribution is -1.89. The standard InChI is InChI=1S/C32H19N3/c1-2-8-20(9-3-1)26-15-21(14-23-18-33-19-34-31(23)26)22-16-27-24-10-4-6-12-29(24)35-30-13-7-5-11-25(30)28(17-22)32(27)35/h1-19H. The SMILES string of the molecule is c1ccc(-c2cc(-c3cc4c5ccccc5n5c6ccccc6c(c3)c45)cc3cncnc23)cc1. The van der Waals surface area contributed by atoms with Crippen molar-refractivity contribution in [3.63, 3.8) is 0 Å². The summed E-state index contributed by atoms with van der Waals surface area (Å²) in [5.74, 6) is 0. The van der Waals surface area contributed by atoms with Gasteiger partial charge in [-0.25, -0.2) is 9.97 Å². The van der Waals surface area contributed by atoms with Gasteiger partial charge in [0.1, 0.15) is 6.33 Å². The van der Waals surface area contributed by atoms with E-state index in [4.69, 9.17) is 0 Å². The zero-order valence-electron chi connectivity index (χ0n) is 18.8. The molecule has 0 fully saturated rings. The third-order valence-electron chi connectivity index (χ3n) is 7.23. The highest BCUT2D eigenvalue weighted by atomic mass is 14.9. The van der Waals surface area contributed by atoms with Crippen LogP contribution in [0.5, 0.6) is 0 Å². The van der Waals surface area contributed by atoms with E-state index in [-0.39, 0.29) is 0 Å². The van der Waals surface area contributed by atoms with E-state index in [2.05, 4.69) is 111 Å². The molecule has 35 heavy (non-hydrogen) atoms. The fourth-order valence-corrected chi connectivity index (χ4v) is 5.72. The van der Waals surface area contributed by atoms with Crippen molar-refractivity contribution >= 4 is 49.0 Å². The van der Waals surface area contributed by atoms with Crippen LogP contribution in [0.4, 0.5) is 0 Å². The second kappa shape index (κ2) is 6.87. The van der Waals surface area contributed by atoms with Crippen molar-refractivity contribution in [1.82, 2.24) is 14.4 Å². The van der Waals surface area contributed by atoms with Crippen molar-refractivity contribution in [3.05, 3.63) is 116 Å². The van der Waals surface area contributed by atoms with Crippen molar-refractivity contribution in [2.75, 3.05) is 0 Å². The van der Waals surface area contributed by atoms with E-state index in [1.807, 2.05) is 12.3 Å². The third-order valence-corrected chi connectivity index (χ3v) is 7.23. The fourth-order valence-electron chi connectivity index (χ4n) is 5.72. The first-order valence-electron chi connectivity index (χ1n) is 11.8. The van der Waals surface area contributed by atoms with Crippen LogP contribution in [-0.2, 0) is 0 Å². The molecule has 0 aliphatic carbocycles. The van der Waals surface area contributed by atoms with Crippen LogP contribution in [0.2, 0.25) is 0 Å². The predicted molar refractivity (Wildman–Crippen MR) is 145 cm³/mol. The van der Waals surface area contributed by atoms with Gasteiger partial charge in [-0.1, -0.05) is 66.7 Å². The maximum absolute atomic E-state index is 4.63. The molecule has 0 aliphatic heterocycles.